The van der Waals surface area contributed by atoms with E-state index in [0.717, 1.165) is 18.4 Å². The van der Waals surface area contributed by atoms with E-state index < -0.39 is 0 Å². The molecule has 0 aliphatic heterocycles. The predicted molar refractivity (Wildman–Crippen MR) is 33.7 cm³/mol. The van der Waals surface area contributed by atoms with Crippen molar-refractivity contribution in [2.45, 2.75) is 19.8 Å². The molecule has 0 atom stereocenters. The zero-order chi connectivity index (χ0) is 5.98. The minimum absolute atomic E-state index is 0.549. The third kappa shape index (κ3) is 0.915. The van der Waals surface area contributed by atoms with Crippen LogP contribution in [-0.2, 0) is 0 Å². The Kier molecular flexibility index (Phi) is 1.38. The quantitative estimate of drug-likeness (QED) is 0.506. The van der Waals surface area contributed by atoms with E-state index in [1.54, 1.807) is 0 Å². The van der Waals surface area contributed by atoms with Gasteiger partial charge in [-0.05, 0) is 18.9 Å². The third-order valence-electron chi connectivity index (χ3n) is 1.37. The molecule has 1 N–H and O–H groups in total. The van der Waals surface area contributed by atoms with Gasteiger partial charge in [0.1, 0.15) is 0 Å². The number of aliphatic hydroxyl groups is 1. The van der Waals surface area contributed by atoms with E-state index in [1.807, 2.05) is 13.0 Å². The first kappa shape index (κ1) is 5.42. The predicted octanol–water partition coefficient (Wildman–Crippen LogP) is 2.17. The van der Waals surface area contributed by atoms with Crippen LogP contribution in [0.5, 0.6) is 0 Å². The standard InChI is InChI=1S/C7H10O/c1-6-4-2-3-5-7(6)8/h2,4,8H,3,5H2,1H3. The fourth-order valence-electron chi connectivity index (χ4n) is 0.774. The van der Waals surface area contributed by atoms with Crippen molar-refractivity contribution >= 4 is 0 Å². The van der Waals surface area contributed by atoms with E-state index in [9.17, 15) is 0 Å². The molecule has 8 heavy (non-hydrogen) atoms. The van der Waals surface area contributed by atoms with Crippen LogP contribution in [0.15, 0.2) is 23.5 Å². The highest BCUT2D eigenvalue weighted by Gasteiger charge is 1.99. The molecule has 1 heteroatoms. The van der Waals surface area contributed by atoms with Gasteiger partial charge in [0.15, 0.2) is 0 Å². The molecule has 1 nitrogen and oxygen atoms in total. The summed E-state index contributed by atoms with van der Waals surface area (Å²) in [5, 5.41) is 9.01. The molecule has 1 aliphatic carbocycles. The van der Waals surface area contributed by atoms with Gasteiger partial charge in [-0.25, -0.2) is 0 Å². The molecule has 0 unspecified atom stereocenters. The summed E-state index contributed by atoms with van der Waals surface area (Å²) in [5.41, 5.74) is 1.01. The van der Waals surface area contributed by atoms with Crippen molar-refractivity contribution in [2.75, 3.05) is 0 Å². The molecule has 0 amide bonds. The van der Waals surface area contributed by atoms with E-state index in [4.69, 9.17) is 5.11 Å². The number of rotatable bonds is 0. The first-order valence-corrected chi connectivity index (χ1v) is 2.86. The molecule has 0 aromatic carbocycles. The second kappa shape index (κ2) is 2.03. The average molecular weight is 110 g/mol. The normalized spacial score (nSPS) is 19.6. The lowest BCUT2D eigenvalue weighted by atomic mass is 10.1. The summed E-state index contributed by atoms with van der Waals surface area (Å²) < 4.78 is 0. The molecule has 0 saturated heterocycles. The first-order chi connectivity index (χ1) is 3.80. The summed E-state index contributed by atoms with van der Waals surface area (Å²) in [6, 6.07) is 0. The summed E-state index contributed by atoms with van der Waals surface area (Å²) in [6.45, 7) is 1.92. The van der Waals surface area contributed by atoms with E-state index in [1.165, 1.54) is 0 Å². The summed E-state index contributed by atoms with van der Waals surface area (Å²) in [7, 11) is 0. The Hall–Kier alpha value is -0.720. The monoisotopic (exact) mass is 110 g/mol. The zero-order valence-electron chi connectivity index (χ0n) is 5.02. The van der Waals surface area contributed by atoms with Gasteiger partial charge in [0.05, 0.1) is 5.76 Å². The van der Waals surface area contributed by atoms with Gasteiger partial charge in [0, 0.05) is 6.42 Å². The molecular formula is C7H10O. The number of hydrogen-bond donors (Lipinski definition) is 1. The topological polar surface area (TPSA) is 20.2 Å². The minimum atomic E-state index is 0.549. The van der Waals surface area contributed by atoms with Crippen molar-refractivity contribution in [3.63, 3.8) is 0 Å². The lowest BCUT2D eigenvalue weighted by Gasteiger charge is -2.04. The Labute approximate surface area is 49.3 Å². The molecule has 0 aromatic rings. The third-order valence-corrected chi connectivity index (χ3v) is 1.37. The van der Waals surface area contributed by atoms with Gasteiger partial charge in [-0.1, -0.05) is 12.2 Å². The molecule has 0 bridgehead atoms. The molecular weight excluding hydrogens is 100 g/mol. The Bertz CT molecular complexity index is 142. The lowest BCUT2D eigenvalue weighted by Crippen LogP contribution is -1.89. The smallest absolute Gasteiger partial charge is 0.0954 e. The van der Waals surface area contributed by atoms with Crippen molar-refractivity contribution < 1.29 is 5.11 Å². The SMILES string of the molecule is CC1=C(O)CCC=C1. The Morgan fingerprint density at radius 3 is 2.75 bits per heavy atom. The van der Waals surface area contributed by atoms with Gasteiger partial charge in [-0.15, -0.1) is 0 Å². The van der Waals surface area contributed by atoms with Crippen LogP contribution < -0.4 is 0 Å². The fraction of sp³-hybridized carbons (Fsp3) is 0.429. The average Bonchev–Trinajstić information content (AvgIpc) is 1.77. The van der Waals surface area contributed by atoms with Gasteiger partial charge in [0.2, 0.25) is 0 Å². The Morgan fingerprint density at radius 2 is 2.38 bits per heavy atom. The molecule has 44 valence electrons. The maximum Gasteiger partial charge on any atom is 0.0954 e. The van der Waals surface area contributed by atoms with E-state index >= 15 is 0 Å². The Morgan fingerprint density at radius 1 is 1.62 bits per heavy atom. The van der Waals surface area contributed by atoms with Crippen LogP contribution in [0, 0.1) is 0 Å². The number of allylic oxidation sites excluding steroid dienone is 4. The maximum absolute atomic E-state index is 9.01. The molecule has 0 aromatic heterocycles. The highest BCUT2D eigenvalue weighted by molar-refractivity contribution is 5.22. The summed E-state index contributed by atoms with van der Waals surface area (Å²) in [6.07, 6.45) is 5.85. The van der Waals surface area contributed by atoms with Gasteiger partial charge in [-0.3, -0.25) is 0 Å². The number of aliphatic hydroxyl groups excluding tert-OH is 1. The van der Waals surface area contributed by atoms with E-state index in [2.05, 4.69) is 6.08 Å². The molecule has 0 fully saturated rings. The summed E-state index contributed by atoms with van der Waals surface area (Å²) in [5.74, 6) is 0.549. The van der Waals surface area contributed by atoms with Crippen LogP contribution in [0.2, 0.25) is 0 Å². The van der Waals surface area contributed by atoms with Crippen LogP contribution in [0.25, 0.3) is 0 Å². The fourth-order valence-corrected chi connectivity index (χ4v) is 0.774. The molecule has 0 spiro atoms. The van der Waals surface area contributed by atoms with Crippen LogP contribution in [0.3, 0.4) is 0 Å². The number of hydrogen-bond acceptors (Lipinski definition) is 1. The van der Waals surface area contributed by atoms with Crippen molar-refractivity contribution in [3.8, 4) is 0 Å². The van der Waals surface area contributed by atoms with Crippen molar-refractivity contribution in [2.24, 2.45) is 0 Å². The van der Waals surface area contributed by atoms with Gasteiger partial charge in [0.25, 0.3) is 0 Å². The molecule has 0 saturated carbocycles. The van der Waals surface area contributed by atoms with Crippen LogP contribution in [0.4, 0.5) is 0 Å². The maximum atomic E-state index is 9.01. The van der Waals surface area contributed by atoms with Gasteiger partial charge in [-0.2, -0.15) is 0 Å². The molecule has 1 aliphatic rings. The van der Waals surface area contributed by atoms with Crippen molar-refractivity contribution in [3.05, 3.63) is 23.5 Å². The first-order valence-electron chi connectivity index (χ1n) is 2.86. The van der Waals surface area contributed by atoms with E-state index in [0.29, 0.717) is 5.76 Å². The van der Waals surface area contributed by atoms with Gasteiger partial charge >= 0.3 is 0 Å². The van der Waals surface area contributed by atoms with Crippen LogP contribution in [-0.4, -0.2) is 5.11 Å². The second-order valence-corrected chi connectivity index (χ2v) is 2.07. The zero-order valence-corrected chi connectivity index (χ0v) is 5.02. The molecule has 1 rings (SSSR count). The second-order valence-electron chi connectivity index (χ2n) is 2.07. The largest absolute Gasteiger partial charge is 0.512 e. The lowest BCUT2D eigenvalue weighted by molar-refractivity contribution is 0.382. The van der Waals surface area contributed by atoms with Gasteiger partial charge < -0.3 is 5.11 Å². The summed E-state index contributed by atoms with van der Waals surface area (Å²) >= 11 is 0. The van der Waals surface area contributed by atoms with Crippen molar-refractivity contribution in [1.29, 1.82) is 0 Å². The molecule has 0 heterocycles. The minimum Gasteiger partial charge on any atom is -0.512 e. The highest BCUT2D eigenvalue weighted by atomic mass is 16.3. The summed E-state index contributed by atoms with van der Waals surface area (Å²) in [4.78, 5) is 0. The van der Waals surface area contributed by atoms with E-state index in [-0.39, 0.29) is 0 Å². The van der Waals surface area contributed by atoms with Crippen LogP contribution in [0.1, 0.15) is 19.8 Å². The van der Waals surface area contributed by atoms with Crippen molar-refractivity contribution in [1.82, 2.24) is 0 Å². The Balaban J connectivity index is 2.76. The highest BCUT2D eigenvalue weighted by Crippen LogP contribution is 2.14. The van der Waals surface area contributed by atoms with Crippen LogP contribution >= 0.6 is 0 Å². The molecule has 0 radical (unpaired) electrons.